The van der Waals surface area contributed by atoms with Crippen LogP contribution in [0.1, 0.15) is 31.1 Å². The summed E-state index contributed by atoms with van der Waals surface area (Å²) >= 11 is 0. The Morgan fingerprint density at radius 2 is 1.93 bits per heavy atom. The van der Waals surface area contributed by atoms with Gasteiger partial charge in [-0.15, -0.1) is 0 Å². The van der Waals surface area contributed by atoms with Crippen LogP contribution >= 0.6 is 0 Å². The molecule has 3 rings (SSSR count). The van der Waals surface area contributed by atoms with Crippen molar-refractivity contribution >= 4 is 5.82 Å². The number of ether oxygens (including phenoxy) is 1. The average molecular weight is 364 g/mol. The Hall–Kier alpha value is -3.15. The number of H-pyrrole nitrogens is 1. The molecule has 6 heteroatoms. The highest BCUT2D eigenvalue weighted by atomic mass is 16.5. The number of methoxy groups -OCH3 is 1. The van der Waals surface area contributed by atoms with Gasteiger partial charge < -0.3 is 14.6 Å². The first kappa shape index (κ1) is 18.6. The van der Waals surface area contributed by atoms with Crippen molar-refractivity contribution in [1.29, 1.82) is 0 Å². The monoisotopic (exact) mass is 364 g/mol. The summed E-state index contributed by atoms with van der Waals surface area (Å²) in [6.07, 6.45) is 2.45. The Bertz CT molecular complexity index is 949. The fourth-order valence-electron chi connectivity index (χ4n) is 2.86. The van der Waals surface area contributed by atoms with E-state index in [2.05, 4.69) is 38.9 Å². The van der Waals surface area contributed by atoms with Gasteiger partial charge in [0.15, 0.2) is 0 Å². The van der Waals surface area contributed by atoms with Crippen molar-refractivity contribution in [2.75, 3.05) is 19.1 Å². The van der Waals surface area contributed by atoms with Gasteiger partial charge in [0.1, 0.15) is 17.4 Å². The summed E-state index contributed by atoms with van der Waals surface area (Å²) in [5.41, 5.74) is 2.58. The Morgan fingerprint density at radius 1 is 1.19 bits per heavy atom. The lowest BCUT2D eigenvalue weighted by atomic mass is 10.1. The fourth-order valence-corrected chi connectivity index (χ4v) is 2.86. The van der Waals surface area contributed by atoms with Crippen LogP contribution in [0.5, 0.6) is 5.75 Å². The first-order valence-corrected chi connectivity index (χ1v) is 8.95. The quantitative estimate of drug-likeness (QED) is 0.724. The summed E-state index contributed by atoms with van der Waals surface area (Å²) in [7, 11) is 3.67. The molecule has 0 aliphatic heterocycles. The van der Waals surface area contributed by atoms with Crippen LogP contribution in [-0.2, 0) is 6.42 Å². The SMILES string of the molecule is CCc1cc(=O)[nH]c(-c2ccc(N(C)C(C)c3ccc(OC)cc3)nc2)n1. The number of nitrogens with one attached hydrogen (secondary N) is 1. The molecule has 0 bridgehead atoms. The average Bonchev–Trinajstić information content (AvgIpc) is 2.72. The molecular weight excluding hydrogens is 340 g/mol. The zero-order valence-electron chi connectivity index (χ0n) is 16.1. The van der Waals surface area contributed by atoms with Crippen LogP contribution in [0.25, 0.3) is 11.4 Å². The van der Waals surface area contributed by atoms with Gasteiger partial charge in [-0.25, -0.2) is 9.97 Å². The molecule has 0 saturated carbocycles. The molecule has 0 radical (unpaired) electrons. The zero-order valence-corrected chi connectivity index (χ0v) is 16.1. The highest BCUT2D eigenvalue weighted by Crippen LogP contribution is 2.26. The third kappa shape index (κ3) is 4.16. The van der Waals surface area contributed by atoms with Crippen LogP contribution in [0.2, 0.25) is 0 Å². The number of aromatic amines is 1. The van der Waals surface area contributed by atoms with E-state index in [1.54, 1.807) is 13.3 Å². The van der Waals surface area contributed by atoms with E-state index in [4.69, 9.17) is 4.74 Å². The van der Waals surface area contributed by atoms with Gasteiger partial charge in [-0.1, -0.05) is 19.1 Å². The van der Waals surface area contributed by atoms with Crippen molar-refractivity contribution in [2.24, 2.45) is 0 Å². The zero-order chi connectivity index (χ0) is 19.4. The van der Waals surface area contributed by atoms with Gasteiger partial charge in [-0.05, 0) is 43.2 Å². The highest BCUT2D eigenvalue weighted by Gasteiger charge is 2.14. The highest BCUT2D eigenvalue weighted by molar-refractivity contribution is 5.56. The topological polar surface area (TPSA) is 71.1 Å². The molecule has 1 unspecified atom stereocenters. The number of pyridine rings is 1. The van der Waals surface area contributed by atoms with Gasteiger partial charge in [0, 0.05) is 30.6 Å². The van der Waals surface area contributed by atoms with E-state index in [0.29, 0.717) is 12.2 Å². The fraction of sp³-hybridized carbons (Fsp3) is 0.286. The Labute approximate surface area is 158 Å². The first-order chi connectivity index (χ1) is 13.0. The van der Waals surface area contributed by atoms with Crippen LogP contribution in [0.3, 0.4) is 0 Å². The Kier molecular flexibility index (Phi) is 5.54. The predicted molar refractivity (Wildman–Crippen MR) is 107 cm³/mol. The molecule has 140 valence electrons. The van der Waals surface area contributed by atoms with Crippen molar-refractivity contribution in [2.45, 2.75) is 26.3 Å². The molecule has 2 heterocycles. The molecule has 6 nitrogen and oxygen atoms in total. The van der Waals surface area contributed by atoms with Crippen LogP contribution in [0.15, 0.2) is 53.5 Å². The summed E-state index contributed by atoms with van der Waals surface area (Å²) in [4.78, 5) is 25.7. The second kappa shape index (κ2) is 8.03. The molecular formula is C21H24N4O2. The molecule has 1 atom stereocenters. The van der Waals surface area contributed by atoms with Crippen LogP contribution < -0.4 is 15.2 Å². The number of aryl methyl sites for hydroxylation is 1. The van der Waals surface area contributed by atoms with Crippen LogP contribution in [0, 0.1) is 0 Å². The molecule has 0 aliphatic rings. The van der Waals surface area contributed by atoms with Crippen molar-refractivity contribution in [3.05, 3.63) is 70.3 Å². The Balaban J connectivity index is 1.81. The summed E-state index contributed by atoms with van der Waals surface area (Å²) in [5, 5.41) is 0. The lowest BCUT2D eigenvalue weighted by Crippen LogP contribution is -2.22. The number of benzene rings is 1. The maximum atomic E-state index is 11.8. The molecule has 2 aromatic heterocycles. The van der Waals surface area contributed by atoms with E-state index in [9.17, 15) is 4.79 Å². The molecule has 0 saturated heterocycles. The summed E-state index contributed by atoms with van der Waals surface area (Å²) < 4.78 is 5.22. The first-order valence-electron chi connectivity index (χ1n) is 8.95. The lowest BCUT2D eigenvalue weighted by molar-refractivity contribution is 0.414. The van der Waals surface area contributed by atoms with E-state index >= 15 is 0 Å². The second-order valence-corrected chi connectivity index (χ2v) is 6.40. The maximum Gasteiger partial charge on any atom is 0.251 e. The van der Waals surface area contributed by atoms with Crippen molar-refractivity contribution in [3.63, 3.8) is 0 Å². The number of aromatic nitrogens is 3. The van der Waals surface area contributed by atoms with Crippen molar-refractivity contribution < 1.29 is 4.74 Å². The Morgan fingerprint density at radius 3 is 2.52 bits per heavy atom. The number of hydrogen-bond acceptors (Lipinski definition) is 5. The van der Waals surface area contributed by atoms with E-state index in [1.807, 2.05) is 38.2 Å². The van der Waals surface area contributed by atoms with E-state index < -0.39 is 0 Å². The molecule has 1 aromatic carbocycles. The van der Waals surface area contributed by atoms with Crippen molar-refractivity contribution in [3.8, 4) is 17.1 Å². The molecule has 0 aliphatic carbocycles. The van der Waals surface area contributed by atoms with Gasteiger partial charge in [0.25, 0.3) is 5.56 Å². The lowest BCUT2D eigenvalue weighted by Gasteiger charge is -2.26. The van der Waals surface area contributed by atoms with Gasteiger partial charge in [-0.2, -0.15) is 0 Å². The number of hydrogen-bond donors (Lipinski definition) is 1. The standard InChI is InChI=1S/C21H24N4O2/c1-5-17-12-20(26)24-21(23-17)16-8-11-19(22-13-16)25(3)14(2)15-6-9-18(27-4)10-7-15/h6-14H,5H2,1-4H3,(H,23,24,26). The summed E-state index contributed by atoms with van der Waals surface area (Å²) in [5.74, 6) is 2.23. The minimum atomic E-state index is -0.147. The van der Waals surface area contributed by atoms with Gasteiger partial charge in [0.05, 0.1) is 13.2 Å². The minimum Gasteiger partial charge on any atom is -0.497 e. The summed E-state index contributed by atoms with van der Waals surface area (Å²) in [6, 6.07) is 13.6. The molecule has 0 amide bonds. The van der Waals surface area contributed by atoms with Gasteiger partial charge in [0.2, 0.25) is 0 Å². The van der Waals surface area contributed by atoms with Crippen LogP contribution in [-0.4, -0.2) is 29.1 Å². The smallest absolute Gasteiger partial charge is 0.251 e. The summed E-state index contributed by atoms with van der Waals surface area (Å²) in [6.45, 7) is 4.10. The van der Waals surface area contributed by atoms with Gasteiger partial charge in [-0.3, -0.25) is 4.79 Å². The number of nitrogens with zero attached hydrogens (tertiary/aromatic N) is 3. The van der Waals surface area contributed by atoms with E-state index in [-0.39, 0.29) is 11.6 Å². The second-order valence-electron chi connectivity index (χ2n) is 6.40. The molecule has 0 fully saturated rings. The van der Waals surface area contributed by atoms with Crippen molar-refractivity contribution in [1.82, 2.24) is 15.0 Å². The van der Waals surface area contributed by atoms with E-state index in [0.717, 1.165) is 22.8 Å². The molecule has 1 N–H and O–H groups in total. The number of rotatable bonds is 6. The van der Waals surface area contributed by atoms with Crippen LogP contribution in [0.4, 0.5) is 5.82 Å². The predicted octanol–water partition coefficient (Wildman–Crippen LogP) is 3.60. The number of anilines is 1. The van der Waals surface area contributed by atoms with Gasteiger partial charge >= 0.3 is 0 Å². The molecule has 0 spiro atoms. The minimum absolute atomic E-state index is 0.147. The molecule has 3 aromatic rings. The maximum absolute atomic E-state index is 11.8. The third-order valence-electron chi connectivity index (χ3n) is 4.72. The normalized spacial score (nSPS) is 11.9. The third-order valence-corrected chi connectivity index (χ3v) is 4.72. The largest absolute Gasteiger partial charge is 0.497 e. The van der Waals surface area contributed by atoms with E-state index in [1.165, 1.54) is 11.6 Å². The molecule has 27 heavy (non-hydrogen) atoms.